The van der Waals surface area contributed by atoms with Gasteiger partial charge in [0.2, 0.25) is 11.7 Å². The summed E-state index contributed by atoms with van der Waals surface area (Å²) in [5.41, 5.74) is 1.63. The van der Waals surface area contributed by atoms with Gasteiger partial charge in [-0.05, 0) is 23.3 Å². The van der Waals surface area contributed by atoms with Crippen LogP contribution in [0, 0.1) is 0 Å². The smallest absolute Gasteiger partial charge is 0.324 e. The van der Waals surface area contributed by atoms with E-state index in [1.807, 2.05) is 31.2 Å². The zero-order chi connectivity index (χ0) is 18.5. The second-order valence-electron chi connectivity index (χ2n) is 5.91. The van der Waals surface area contributed by atoms with Gasteiger partial charge in [-0.15, -0.1) is 10.2 Å². The molecule has 136 valence electrons. The van der Waals surface area contributed by atoms with E-state index in [4.69, 9.17) is 0 Å². The number of nitrogens with zero attached hydrogens (tertiary/aromatic N) is 4. The van der Waals surface area contributed by atoms with Crippen molar-refractivity contribution in [1.82, 2.24) is 36.2 Å². The van der Waals surface area contributed by atoms with E-state index in [1.54, 1.807) is 0 Å². The maximum absolute atomic E-state index is 12.1. The number of carbonyl (C=O) groups is 3. The first-order valence-corrected chi connectivity index (χ1v) is 8.29. The van der Waals surface area contributed by atoms with Crippen LogP contribution in [0.3, 0.4) is 0 Å². The molecule has 0 radical (unpaired) electrons. The largest absolute Gasteiger partial charge is 0.352 e. The number of nitrogens with one attached hydrogen (secondary N) is 3. The molecule has 1 fully saturated rings. The first kappa shape index (κ1) is 17.5. The van der Waals surface area contributed by atoms with Crippen LogP contribution >= 0.6 is 0 Å². The third-order valence-electron chi connectivity index (χ3n) is 3.96. The Bertz CT molecular complexity index is 806. The van der Waals surface area contributed by atoms with E-state index < -0.39 is 12.1 Å². The van der Waals surface area contributed by atoms with Gasteiger partial charge in [0.15, 0.2) is 0 Å². The lowest BCUT2D eigenvalue weighted by molar-refractivity contribution is -0.130. The van der Waals surface area contributed by atoms with Gasteiger partial charge in [-0.25, -0.2) is 4.79 Å². The average Bonchev–Trinajstić information content (AvgIpc) is 3.26. The highest BCUT2D eigenvalue weighted by Gasteiger charge is 2.38. The molecule has 2 aromatic rings. The fraction of sp³-hybridized carbons (Fsp3) is 0.375. The Morgan fingerprint density at radius 1 is 1.35 bits per heavy atom. The molecule has 1 saturated heterocycles. The van der Waals surface area contributed by atoms with E-state index in [-0.39, 0.29) is 24.8 Å². The Morgan fingerprint density at radius 2 is 2.19 bits per heavy atom. The van der Waals surface area contributed by atoms with Crippen LogP contribution < -0.4 is 10.6 Å². The fourth-order valence-corrected chi connectivity index (χ4v) is 2.71. The number of benzene rings is 1. The molecule has 0 spiro atoms. The number of H-pyrrole nitrogens is 1. The Morgan fingerprint density at radius 3 is 2.92 bits per heavy atom. The van der Waals surface area contributed by atoms with Gasteiger partial charge in [-0.1, -0.05) is 25.1 Å². The number of aromatic amines is 1. The van der Waals surface area contributed by atoms with Crippen LogP contribution in [0.5, 0.6) is 0 Å². The summed E-state index contributed by atoms with van der Waals surface area (Å²) in [7, 11) is 0. The van der Waals surface area contributed by atoms with Crippen LogP contribution in [0.25, 0.3) is 11.4 Å². The third-order valence-corrected chi connectivity index (χ3v) is 3.96. The summed E-state index contributed by atoms with van der Waals surface area (Å²) in [4.78, 5) is 37.1. The molecule has 26 heavy (non-hydrogen) atoms. The lowest BCUT2D eigenvalue weighted by Gasteiger charge is -2.11. The Balaban J connectivity index is 1.54. The number of hydrogen-bond acceptors (Lipinski definition) is 6. The number of tetrazole rings is 1. The number of rotatable bonds is 7. The number of imide groups is 1. The summed E-state index contributed by atoms with van der Waals surface area (Å²) in [6.45, 7) is 2.52. The molecular formula is C16H19N7O3. The van der Waals surface area contributed by atoms with Gasteiger partial charge in [-0.3, -0.25) is 14.5 Å². The predicted molar refractivity (Wildman–Crippen MR) is 90.4 cm³/mol. The Kier molecular flexibility index (Phi) is 5.20. The normalized spacial score (nSPS) is 16.7. The quantitative estimate of drug-likeness (QED) is 0.607. The van der Waals surface area contributed by atoms with Gasteiger partial charge in [0.25, 0.3) is 5.91 Å². The topological polar surface area (TPSA) is 133 Å². The van der Waals surface area contributed by atoms with Crippen molar-refractivity contribution in [2.75, 3.05) is 6.54 Å². The lowest BCUT2D eigenvalue weighted by atomic mass is 10.1. The van der Waals surface area contributed by atoms with Crippen molar-refractivity contribution in [3.05, 3.63) is 29.8 Å². The minimum atomic E-state index is -0.806. The molecule has 1 aliphatic heterocycles. The van der Waals surface area contributed by atoms with Crippen molar-refractivity contribution >= 4 is 17.8 Å². The highest BCUT2D eigenvalue weighted by Crippen LogP contribution is 2.15. The highest BCUT2D eigenvalue weighted by atomic mass is 16.2. The first-order valence-electron chi connectivity index (χ1n) is 8.29. The Hall–Kier alpha value is -3.30. The maximum Gasteiger partial charge on any atom is 0.324 e. The van der Waals surface area contributed by atoms with E-state index in [9.17, 15) is 14.4 Å². The number of aromatic nitrogens is 4. The summed E-state index contributed by atoms with van der Waals surface area (Å²) in [6, 6.07) is 6.12. The zero-order valence-electron chi connectivity index (χ0n) is 14.2. The summed E-state index contributed by atoms with van der Waals surface area (Å²) in [5.74, 6) is -0.202. The van der Waals surface area contributed by atoms with Crippen LogP contribution in [0.15, 0.2) is 24.3 Å². The molecule has 0 bridgehead atoms. The van der Waals surface area contributed by atoms with Crippen LogP contribution in [-0.4, -0.2) is 56.0 Å². The van der Waals surface area contributed by atoms with Gasteiger partial charge in [-0.2, -0.15) is 5.21 Å². The molecular weight excluding hydrogens is 338 g/mol. The van der Waals surface area contributed by atoms with Gasteiger partial charge in [0, 0.05) is 18.7 Å². The molecule has 4 amide bonds. The molecule has 2 heterocycles. The molecule has 0 aliphatic carbocycles. The Labute approximate surface area is 149 Å². The number of amides is 4. The van der Waals surface area contributed by atoms with Crippen molar-refractivity contribution in [2.45, 2.75) is 32.4 Å². The van der Waals surface area contributed by atoms with E-state index >= 15 is 0 Å². The van der Waals surface area contributed by atoms with Gasteiger partial charge in [0.05, 0.1) is 6.42 Å². The molecule has 1 atom stereocenters. The van der Waals surface area contributed by atoms with E-state index in [1.165, 1.54) is 0 Å². The molecule has 3 N–H and O–H groups in total. The van der Waals surface area contributed by atoms with Crippen LogP contribution in [0.4, 0.5) is 4.79 Å². The maximum atomic E-state index is 12.1. The summed E-state index contributed by atoms with van der Waals surface area (Å²) in [6.07, 6.45) is 0.587. The van der Waals surface area contributed by atoms with Crippen molar-refractivity contribution < 1.29 is 14.4 Å². The molecule has 1 aliphatic rings. The molecule has 0 saturated carbocycles. The average molecular weight is 357 g/mol. The minimum absolute atomic E-state index is 0.0880. The lowest BCUT2D eigenvalue weighted by Crippen LogP contribution is -2.36. The van der Waals surface area contributed by atoms with Crippen LogP contribution in [0.1, 0.15) is 25.3 Å². The summed E-state index contributed by atoms with van der Waals surface area (Å²) < 4.78 is 0. The molecule has 1 aromatic carbocycles. The standard InChI is InChI=1S/C16H19N7O3/c1-2-6-23-15(25)12(18-16(23)26)8-13(24)17-9-10-4-3-5-11(7-10)14-19-21-22-20-14/h3-5,7,12H,2,6,8-9H2,1H3,(H,17,24)(H,18,26)(H,19,20,21,22)/t12-/m1/s1. The van der Waals surface area contributed by atoms with Crippen LogP contribution in [0.2, 0.25) is 0 Å². The molecule has 0 unspecified atom stereocenters. The third kappa shape index (κ3) is 3.85. The van der Waals surface area contributed by atoms with Gasteiger partial charge in [0.1, 0.15) is 6.04 Å². The zero-order valence-corrected chi connectivity index (χ0v) is 14.2. The fourth-order valence-electron chi connectivity index (χ4n) is 2.71. The van der Waals surface area contributed by atoms with Crippen molar-refractivity contribution in [1.29, 1.82) is 0 Å². The van der Waals surface area contributed by atoms with E-state index in [0.29, 0.717) is 18.8 Å². The number of hydrogen-bond donors (Lipinski definition) is 3. The molecule has 3 rings (SSSR count). The first-order chi connectivity index (χ1) is 12.6. The SMILES string of the molecule is CCCN1C(=O)N[C@H](CC(=O)NCc2cccc(-c3nn[nH]n3)c2)C1=O. The second kappa shape index (κ2) is 7.72. The van der Waals surface area contributed by atoms with Crippen molar-refractivity contribution in [3.8, 4) is 11.4 Å². The predicted octanol–water partition coefficient (Wildman–Crippen LogP) is 0.203. The molecule has 1 aromatic heterocycles. The monoisotopic (exact) mass is 357 g/mol. The minimum Gasteiger partial charge on any atom is -0.352 e. The number of carbonyl (C=O) groups excluding carboxylic acids is 3. The summed E-state index contributed by atoms with van der Waals surface area (Å²) in [5, 5.41) is 19.0. The van der Waals surface area contributed by atoms with Gasteiger partial charge < -0.3 is 10.6 Å². The van der Waals surface area contributed by atoms with Crippen LogP contribution in [-0.2, 0) is 16.1 Å². The number of urea groups is 1. The van der Waals surface area contributed by atoms with E-state index in [0.717, 1.165) is 16.0 Å². The van der Waals surface area contributed by atoms with Crippen molar-refractivity contribution in [3.63, 3.8) is 0 Å². The van der Waals surface area contributed by atoms with E-state index in [2.05, 4.69) is 31.3 Å². The van der Waals surface area contributed by atoms with Gasteiger partial charge >= 0.3 is 6.03 Å². The molecule has 10 heteroatoms. The molecule has 10 nitrogen and oxygen atoms in total. The second-order valence-corrected chi connectivity index (χ2v) is 5.91. The van der Waals surface area contributed by atoms with Crippen molar-refractivity contribution in [2.24, 2.45) is 0 Å². The summed E-state index contributed by atoms with van der Waals surface area (Å²) >= 11 is 0. The highest BCUT2D eigenvalue weighted by molar-refractivity contribution is 6.05.